The van der Waals surface area contributed by atoms with Gasteiger partial charge in [0, 0.05) is 25.7 Å². The van der Waals surface area contributed by atoms with Crippen LogP contribution in [0.5, 0.6) is 0 Å². The van der Waals surface area contributed by atoms with E-state index in [1.54, 1.807) is 6.08 Å². The molecule has 5 nitrogen and oxygen atoms in total. The van der Waals surface area contributed by atoms with E-state index in [-0.39, 0.29) is 23.0 Å². The number of nitro groups is 1. The van der Waals surface area contributed by atoms with Gasteiger partial charge in [0.15, 0.2) is 0 Å². The van der Waals surface area contributed by atoms with Crippen LogP contribution in [0.15, 0.2) is 54.6 Å². The fourth-order valence-corrected chi connectivity index (χ4v) is 4.71. The standard InChI is InChI=1S/C24H27FN2O3/c25-22-10-7-11-23(27(28)29)21(22)13-12-20-17-26(16-19-8-3-1-4-9-19)18-24(30-20)14-5-2-6-15-24/h1,3-4,7-13,20H,2,5-6,14-18H2/t20-/m1/s1. The van der Waals surface area contributed by atoms with Crippen LogP contribution in [0.3, 0.4) is 0 Å². The first-order valence-electron chi connectivity index (χ1n) is 10.6. The van der Waals surface area contributed by atoms with Gasteiger partial charge in [-0.15, -0.1) is 0 Å². The second kappa shape index (κ2) is 9.06. The second-order valence-electron chi connectivity index (χ2n) is 8.34. The van der Waals surface area contributed by atoms with Crippen LogP contribution in [-0.2, 0) is 11.3 Å². The van der Waals surface area contributed by atoms with Crippen LogP contribution in [0.1, 0.15) is 43.2 Å². The maximum Gasteiger partial charge on any atom is 0.279 e. The average molecular weight is 410 g/mol. The number of benzene rings is 2. The third-order valence-corrected chi connectivity index (χ3v) is 6.07. The highest BCUT2D eigenvalue weighted by molar-refractivity contribution is 5.61. The Morgan fingerprint density at radius 1 is 1.13 bits per heavy atom. The molecule has 0 bridgehead atoms. The molecule has 2 fully saturated rings. The summed E-state index contributed by atoms with van der Waals surface area (Å²) in [6, 6.07) is 14.3. The molecule has 1 aliphatic carbocycles. The van der Waals surface area contributed by atoms with Gasteiger partial charge in [0.25, 0.3) is 5.69 Å². The van der Waals surface area contributed by atoms with Crippen molar-refractivity contribution in [1.29, 1.82) is 0 Å². The van der Waals surface area contributed by atoms with Gasteiger partial charge in [-0.05, 0) is 30.5 Å². The second-order valence-corrected chi connectivity index (χ2v) is 8.34. The van der Waals surface area contributed by atoms with E-state index in [9.17, 15) is 14.5 Å². The lowest BCUT2D eigenvalue weighted by atomic mass is 9.82. The molecule has 1 atom stereocenters. The lowest BCUT2D eigenvalue weighted by Gasteiger charge is -2.48. The molecule has 2 aromatic carbocycles. The van der Waals surface area contributed by atoms with Crippen molar-refractivity contribution < 1.29 is 14.1 Å². The summed E-state index contributed by atoms with van der Waals surface area (Å²) in [5.74, 6) is -0.593. The highest BCUT2D eigenvalue weighted by Gasteiger charge is 2.40. The molecule has 0 N–H and O–H groups in total. The molecule has 1 saturated heterocycles. The molecule has 1 saturated carbocycles. The van der Waals surface area contributed by atoms with Gasteiger partial charge in [0.05, 0.1) is 22.2 Å². The average Bonchev–Trinajstić information content (AvgIpc) is 2.73. The van der Waals surface area contributed by atoms with Gasteiger partial charge >= 0.3 is 0 Å². The van der Waals surface area contributed by atoms with Crippen molar-refractivity contribution in [2.45, 2.75) is 50.4 Å². The number of morpholine rings is 1. The maximum atomic E-state index is 14.3. The Kier molecular flexibility index (Phi) is 6.25. The van der Waals surface area contributed by atoms with Gasteiger partial charge in [-0.25, -0.2) is 4.39 Å². The smallest absolute Gasteiger partial charge is 0.279 e. The van der Waals surface area contributed by atoms with Crippen LogP contribution in [-0.4, -0.2) is 34.6 Å². The zero-order valence-corrected chi connectivity index (χ0v) is 17.0. The van der Waals surface area contributed by atoms with Crippen LogP contribution < -0.4 is 0 Å². The van der Waals surface area contributed by atoms with Crippen molar-refractivity contribution in [3.05, 3.63) is 81.7 Å². The van der Waals surface area contributed by atoms with Gasteiger partial charge in [0.1, 0.15) is 5.82 Å². The van der Waals surface area contributed by atoms with Crippen molar-refractivity contribution in [1.82, 2.24) is 4.90 Å². The van der Waals surface area contributed by atoms with Crippen LogP contribution in [0.4, 0.5) is 10.1 Å². The monoisotopic (exact) mass is 410 g/mol. The molecular formula is C24H27FN2O3. The summed E-state index contributed by atoms with van der Waals surface area (Å²) in [5.41, 5.74) is 0.832. The van der Waals surface area contributed by atoms with Crippen molar-refractivity contribution in [2.75, 3.05) is 13.1 Å². The summed E-state index contributed by atoms with van der Waals surface area (Å²) in [5, 5.41) is 11.3. The fourth-order valence-electron chi connectivity index (χ4n) is 4.71. The third-order valence-electron chi connectivity index (χ3n) is 6.07. The fraction of sp³-hybridized carbons (Fsp3) is 0.417. The van der Waals surface area contributed by atoms with Crippen LogP contribution >= 0.6 is 0 Å². The number of halogens is 1. The molecule has 158 valence electrons. The van der Waals surface area contributed by atoms with E-state index in [0.29, 0.717) is 6.54 Å². The van der Waals surface area contributed by atoms with Crippen molar-refractivity contribution in [3.63, 3.8) is 0 Å². The Balaban J connectivity index is 1.57. The molecule has 6 heteroatoms. The lowest BCUT2D eigenvalue weighted by molar-refractivity contribution is -0.385. The first-order valence-corrected chi connectivity index (χ1v) is 10.6. The maximum absolute atomic E-state index is 14.3. The van der Waals surface area contributed by atoms with Crippen molar-refractivity contribution in [2.24, 2.45) is 0 Å². The molecule has 0 radical (unpaired) electrons. The molecule has 0 aromatic heterocycles. The predicted molar refractivity (Wildman–Crippen MR) is 114 cm³/mol. The Labute approximate surface area is 176 Å². The van der Waals surface area contributed by atoms with Gasteiger partial charge in [0.2, 0.25) is 0 Å². The highest BCUT2D eigenvalue weighted by Crippen LogP contribution is 2.37. The van der Waals surface area contributed by atoms with Crippen molar-refractivity contribution in [3.8, 4) is 0 Å². The minimum absolute atomic E-state index is 0.00368. The zero-order chi connectivity index (χ0) is 21.0. The first kappa shape index (κ1) is 20.7. The van der Waals surface area contributed by atoms with E-state index in [1.807, 2.05) is 18.2 Å². The summed E-state index contributed by atoms with van der Waals surface area (Å²) in [4.78, 5) is 13.1. The number of hydrogen-bond acceptors (Lipinski definition) is 4. The summed E-state index contributed by atoms with van der Waals surface area (Å²) in [6.07, 6.45) is 8.62. The SMILES string of the molecule is O=[N+]([O-])c1cccc(F)c1C=C[C@@H]1CN(Cc2ccccc2)CC2(CCCCC2)O1. The summed E-state index contributed by atoms with van der Waals surface area (Å²) >= 11 is 0. The molecule has 2 aromatic rings. The van der Waals surface area contributed by atoms with Gasteiger partial charge in [-0.2, -0.15) is 0 Å². The number of hydrogen-bond donors (Lipinski definition) is 0. The van der Waals surface area contributed by atoms with E-state index in [1.165, 1.54) is 36.3 Å². The van der Waals surface area contributed by atoms with E-state index in [2.05, 4.69) is 17.0 Å². The molecule has 1 spiro atoms. The molecule has 4 rings (SSSR count). The molecule has 0 amide bonds. The van der Waals surface area contributed by atoms with E-state index in [4.69, 9.17) is 4.74 Å². The van der Waals surface area contributed by atoms with Gasteiger partial charge in [-0.3, -0.25) is 15.0 Å². The number of rotatable bonds is 5. The predicted octanol–water partition coefficient (Wildman–Crippen LogP) is 5.35. The van der Waals surface area contributed by atoms with Gasteiger partial charge in [-0.1, -0.05) is 61.7 Å². The lowest BCUT2D eigenvalue weighted by Crippen LogP contribution is -2.55. The number of ether oxygens (including phenoxy) is 1. The normalized spacial score (nSPS) is 21.8. The largest absolute Gasteiger partial charge is 0.365 e. The van der Waals surface area contributed by atoms with Crippen LogP contribution in [0.25, 0.3) is 6.08 Å². The topological polar surface area (TPSA) is 55.6 Å². The summed E-state index contributed by atoms with van der Waals surface area (Å²) in [6.45, 7) is 2.39. The Bertz CT molecular complexity index is 910. The third kappa shape index (κ3) is 4.77. The molecule has 0 unspecified atom stereocenters. The summed E-state index contributed by atoms with van der Waals surface area (Å²) in [7, 11) is 0. The van der Waals surface area contributed by atoms with Crippen molar-refractivity contribution >= 4 is 11.8 Å². The summed E-state index contributed by atoms with van der Waals surface area (Å²) < 4.78 is 20.8. The van der Waals surface area contributed by atoms with Crippen LogP contribution in [0.2, 0.25) is 0 Å². The van der Waals surface area contributed by atoms with Gasteiger partial charge < -0.3 is 4.74 Å². The first-order chi connectivity index (χ1) is 14.5. The number of nitrogens with zero attached hydrogens (tertiary/aromatic N) is 2. The van der Waals surface area contributed by atoms with E-state index < -0.39 is 10.7 Å². The Morgan fingerprint density at radius 3 is 2.63 bits per heavy atom. The molecule has 2 aliphatic rings. The minimum Gasteiger partial charge on any atom is -0.365 e. The van der Waals surface area contributed by atoms with Crippen LogP contribution in [0, 0.1) is 15.9 Å². The Hall–Kier alpha value is -2.57. The Morgan fingerprint density at radius 2 is 1.90 bits per heavy atom. The highest BCUT2D eigenvalue weighted by atomic mass is 19.1. The number of nitro benzene ring substituents is 1. The van der Waals surface area contributed by atoms with E-state index >= 15 is 0 Å². The zero-order valence-electron chi connectivity index (χ0n) is 17.0. The molecule has 30 heavy (non-hydrogen) atoms. The van der Waals surface area contributed by atoms with E-state index in [0.717, 1.165) is 38.8 Å². The quantitative estimate of drug-likeness (QED) is 0.492. The minimum atomic E-state index is -0.593. The molecular weight excluding hydrogens is 383 g/mol. The molecule has 1 heterocycles. The molecule has 1 aliphatic heterocycles.